The number of anilines is 1. The predicted octanol–water partition coefficient (Wildman–Crippen LogP) is 2.11. The molecular weight excluding hydrogens is 295 g/mol. The number of carbonyl (C=O) groups is 1. The van der Waals surface area contributed by atoms with Gasteiger partial charge in [-0.1, -0.05) is 13.8 Å². The van der Waals surface area contributed by atoms with Crippen LogP contribution in [0.2, 0.25) is 0 Å². The van der Waals surface area contributed by atoms with Crippen LogP contribution in [-0.4, -0.2) is 43.4 Å². The lowest BCUT2D eigenvalue weighted by Gasteiger charge is -2.38. The molecule has 0 aromatic heterocycles. The number of carbonyl (C=O) groups excluding carboxylic acids is 1. The van der Waals surface area contributed by atoms with Crippen LogP contribution >= 0.6 is 0 Å². The van der Waals surface area contributed by atoms with Gasteiger partial charge in [0.25, 0.3) is 0 Å². The Morgan fingerprint density at radius 1 is 1.33 bits per heavy atom. The van der Waals surface area contributed by atoms with Gasteiger partial charge in [0.05, 0.1) is 11.0 Å². The third-order valence-electron chi connectivity index (χ3n) is 3.30. The van der Waals surface area contributed by atoms with E-state index in [1.165, 1.54) is 29.2 Å². The van der Waals surface area contributed by atoms with E-state index >= 15 is 0 Å². The molecule has 2 amide bonds. The Bertz CT molecular complexity index is 608. The number of benzene rings is 1. The number of nitrogens with zero attached hydrogens (tertiary/aromatic N) is 1. The van der Waals surface area contributed by atoms with Crippen LogP contribution in [0.15, 0.2) is 24.3 Å². The maximum atomic E-state index is 12.8. The predicted molar refractivity (Wildman–Crippen MR) is 79.4 cm³/mol. The number of rotatable bonds is 4. The summed E-state index contributed by atoms with van der Waals surface area (Å²) in [7, 11) is -3.14. The molecule has 1 aromatic rings. The maximum Gasteiger partial charge on any atom is 0.321 e. The van der Waals surface area contributed by atoms with E-state index in [1.807, 2.05) is 13.8 Å². The van der Waals surface area contributed by atoms with Gasteiger partial charge >= 0.3 is 6.03 Å². The second kappa shape index (κ2) is 6.01. The molecule has 0 saturated carbocycles. The van der Waals surface area contributed by atoms with E-state index in [4.69, 9.17) is 0 Å². The number of hydrogen-bond acceptors (Lipinski definition) is 3. The molecule has 0 aliphatic carbocycles. The molecule has 1 saturated heterocycles. The van der Waals surface area contributed by atoms with Crippen LogP contribution in [0.25, 0.3) is 0 Å². The van der Waals surface area contributed by atoms with Crippen molar-refractivity contribution in [1.29, 1.82) is 0 Å². The molecule has 0 atom stereocenters. The fourth-order valence-corrected chi connectivity index (χ4v) is 4.18. The van der Waals surface area contributed by atoms with Crippen molar-refractivity contribution in [2.24, 2.45) is 5.92 Å². The first-order valence-corrected chi connectivity index (χ1v) is 8.52. The highest BCUT2D eigenvalue weighted by molar-refractivity contribution is 7.92. The van der Waals surface area contributed by atoms with Crippen LogP contribution in [0, 0.1) is 11.7 Å². The lowest BCUT2D eigenvalue weighted by Crippen LogP contribution is -2.58. The summed E-state index contributed by atoms with van der Waals surface area (Å²) in [4.78, 5) is 13.3. The third kappa shape index (κ3) is 3.93. The summed E-state index contributed by atoms with van der Waals surface area (Å²) in [5.74, 6) is -0.153. The lowest BCUT2D eigenvalue weighted by molar-refractivity contribution is 0.182. The van der Waals surface area contributed by atoms with Crippen LogP contribution < -0.4 is 5.32 Å². The normalized spacial score (nSPS) is 15.9. The maximum absolute atomic E-state index is 12.8. The molecule has 2 rings (SSSR count). The van der Waals surface area contributed by atoms with Crippen molar-refractivity contribution in [3.8, 4) is 0 Å². The molecule has 0 unspecified atom stereocenters. The van der Waals surface area contributed by atoms with E-state index in [0.717, 1.165) is 0 Å². The molecule has 1 aromatic carbocycles. The molecule has 1 fully saturated rings. The standard InChI is InChI=1S/C14H19FN2O3S/c1-10(2)9-21(19,20)13-7-17(8-13)14(18)16-12-5-3-11(15)4-6-12/h3-6,10,13H,7-9H2,1-2H3,(H,16,18). The Kier molecular flexibility index (Phi) is 4.51. The number of nitrogens with one attached hydrogen (secondary N) is 1. The second-order valence-corrected chi connectivity index (χ2v) is 8.01. The summed E-state index contributed by atoms with van der Waals surface area (Å²) in [6, 6.07) is 5.06. The molecular formula is C14H19FN2O3S. The van der Waals surface area contributed by atoms with Crippen LogP contribution in [0.4, 0.5) is 14.9 Å². The van der Waals surface area contributed by atoms with Crippen LogP contribution in [0.1, 0.15) is 13.8 Å². The number of hydrogen-bond donors (Lipinski definition) is 1. The Morgan fingerprint density at radius 3 is 2.43 bits per heavy atom. The highest BCUT2D eigenvalue weighted by Gasteiger charge is 2.39. The number of halogens is 1. The zero-order valence-corrected chi connectivity index (χ0v) is 12.9. The van der Waals surface area contributed by atoms with Gasteiger partial charge in [-0.05, 0) is 30.2 Å². The van der Waals surface area contributed by atoms with Gasteiger partial charge in [0.15, 0.2) is 9.84 Å². The Labute approximate surface area is 124 Å². The third-order valence-corrected chi connectivity index (χ3v) is 5.75. The zero-order chi connectivity index (χ0) is 15.6. The highest BCUT2D eigenvalue weighted by Crippen LogP contribution is 2.20. The highest BCUT2D eigenvalue weighted by atomic mass is 32.2. The summed E-state index contributed by atoms with van der Waals surface area (Å²) in [6.07, 6.45) is 0. The Morgan fingerprint density at radius 2 is 1.90 bits per heavy atom. The first kappa shape index (κ1) is 15.8. The van der Waals surface area contributed by atoms with E-state index in [1.54, 1.807) is 0 Å². The molecule has 7 heteroatoms. The number of amides is 2. The second-order valence-electron chi connectivity index (χ2n) is 5.69. The number of likely N-dealkylation sites (tertiary alicyclic amines) is 1. The molecule has 0 bridgehead atoms. The number of sulfone groups is 1. The Hall–Kier alpha value is -1.63. The van der Waals surface area contributed by atoms with Crippen molar-refractivity contribution in [2.45, 2.75) is 19.1 Å². The van der Waals surface area contributed by atoms with Crippen molar-refractivity contribution < 1.29 is 17.6 Å². The summed E-state index contributed by atoms with van der Waals surface area (Å²) < 4.78 is 36.7. The van der Waals surface area contributed by atoms with Crippen molar-refractivity contribution >= 4 is 21.6 Å². The molecule has 1 aliphatic rings. The largest absolute Gasteiger partial charge is 0.322 e. The molecule has 1 heterocycles. The molecule has 1 N–H and O–H groups in total. The quantitative estimate of drug-likeness (QED) is 0.925. The van der Waals surface area contributed by atoms with Gasteiger partial charge < -0.3 is 10.2 Å². The molecule has 0 spiro atoms. The average molecular weight is 314 g/mol. The summed E-state index contributed by atoms with van der Waals surface area (Å²) in [5, 5.41) is 2.14. The SMILES string of the molecule is CC(C)CS(=O)(=O)C1CN(C(=O)Nc2ccc(F)cc2)C1. The van der Waals surface area contributed by atoms with Gasteiger partial charge in [0.1, 0.15) is 5.82 Å². The number of urea groups is 1. The summed E-state index contributed by atoms with van der Waals surface area (Å²) in [6.45, 7) is 4.13. The fourth-order valence-electron chi connectivity index (χ4n) is 2.17. The van der Waals surface area contributed by atoms with Crippen LogP contribution in [-0.2, 0) is 9.84 Å². The van der Waals surface area contributed by atoms with E-state index < -0.39 is 15.1 Å². The minimum Gasteiger partial charge on any atom is -0.322 e. The molecule has 0 radical (unpaired) electrons. The smallest absolute Gasteiger partial charge is 0.321 e. The van der Waals surface area contributed by atoms with E-state index in [0.29, 0.717) is 5.69 Å². The van der Waals surface area contributed by atoms with Crippen LogP contribution in [0.5, 0.6) is 0 Å². The van der Waals surface area contributed by atoms with Gasteiger partial charge in [-0.25, -0.2) is 17.6 Å². The van der Waals surface area contributed by atoms with Crippen molar-refractivity contribution in [3.63, 3.8) is 0 Å². The van der Waals surface area contributed by atoms with Gasteiger partial charge in [-0.2, -0.15) is 0 Å². The molecule has 116 valence electrons. The molecule has 1 aliphatic heterocycles. The zero-order valence-electron chi connectivity index (χ0n) is 12.0. The van der Waals surface area contributed by atoms with Crippen molar-refractivity contribution in [2.75, 3.05) is 24.2 Å². The van der Waals surface area contributed by atoms with Gasteiger partial charge in [0, 0.05) is 18.8 Å². The first-order valence-electron chi connectivity index (χ1n) is 6.81. The van der Waals surface area contributed by atoms with E-state index in [-0.39, 0.29) is 36.6 Å². The minimum atomic E-state index is -3.14. The topological polar surface area (TPSA) is 66.5 Å². The van der Waals surface area contributed by atoms with Crippen LogP contribution in [0.3, 0.4) is 0 Å². The minimum absolute atomic E-state index is 0.0806. The van der Waals surface area contributed by atoms with Gasteiger partial charge in [0.2, 0.25) is 0 Å². The van der Waals surface area contributed by atoms with Crippen molar-refractivity contribution in [1.82, 2.24) is 4.90 Å². The van der Waals surface area contributed by atoms with E-state index in [9.17, 15) is 17.6 Å². The lowest BCUT2D eigenvalue weighted by atomic mass is 10.2. The first-order chi connectivity index (χ1) is 9.78. The Balaban J connectivity index is 1.86. The van der Waals surface area contributed by atoms with Crippen molar-refractivity contribution in [3.05, 3.63) is 30.1 Å². The molecule has 21 heavy (non-hydrogen) atoms. The summed E-state index contributed by atoms with van der Waals surface area (Å²) >= 11 is 0. The monoisotopic (exact) mass is 314 g/mol. The average Bonchev–Trinajstić information content (AvgIpc) is 2.27. The van der Waals surface area contributed by atoms with Gasteiger partial charge in [-0.15, -0.1) is 0 Å². The van der Waals surface area contributed by atoms with E-state index in [2.05, 4.69) is 5.32 Å². The van der Waals surface area contributed by atoms with Gasteiger partial charge in [-0.3, -0.25) is 0 Å². The fraction of sp³-hybridized carbons (Fsp3) is 0.500. The summed E-state index contributed by atoms with van der Waals surface area (Å²) in [5.41, 5.74) is 0.481. The molecule has 5 nitrogen and oxygen atoms in total.